The number of amides is 2. The van der Waals surface area contributed by atoms with Crippen molar-refractivity contribution in [2.24, 2.45) is 5.92 Å². The monoisotopic (exact) mass is 262 g/mol. The molecular formula is C14H18N2O3. The molecule has 1 aliphatic heterocycles. The standard InChI is InChI=1S/C14H18N2O3/c1-9(2)7-13(17)16-11-5-3-10(4-6-11)12-8-15-14(18)19-12/h3-6,9,12H,7-8H2,1-2H3,(H,15,18)(H,16,17). The normalized spacial score (nSPS) is 18.1. The molecular weight excluding hydrogens is 244 g/mol. The molecule has 1 unspecified atom stereocenters. The van der Waals surface area contributed by atoms with E-state index in [9.17, 15) is 9.59 Å². The molecule has 1 fully saturated rings. The number of hydrogen-bond donors (Lipinski definition) is 2. The first-order chi connectivity index (χ1) is 9.04. The van der Waals surface area contributed by atoms with Gasteiger partial charge in [-0.3, -0.25) is 4.79 Å². The lowest BCUT2D eigenvalue weighted by Crippen LogP contribution is -2.14. The van der Waals surface area contributed by atoms with E-state index in [1.807, 2.05) is 38.1 Å². The van der Waals surface area contributed by atoms with Gasteiger partial charge in [0.25, 0.3) is 0 Å². The minimum Gasteiger partial charge on any atom is -0.439 e. The van der Waals surface area contributed by atoms with Gasteiger partial charge in [0.15, 0.2) is 0 Å². The van der Waals surface area contributed by atoms with Gasteiger partial charge >= 0.3 is 6.09 Å². The molecule has 2 N–H and O–H groups in total. The van der Waals surface area contributed by atoms with E-state index in [2.05, 4.69) is 10.6 Å². The number of alkyl carbamates (subject to hydrolysis) is 1. The second kappa shape index (κ2) is 5.73. The maximum absolute atomic E-state index is 11.6. The number of benzene rings is 1. The van der Waals surface area contributed by atoms with E-state index in [4.69, 9.17) is 4.74 Å². The van der Waals surface area contributed by atoms with Crippen molar-refractivity contribution < 1.29 is 14.3 Å². The maximum atomic E-state index is 11.6. The molecule has 1 aliphatic rings. The summed E-state index contributed by atoms with van der Waals surface area (Å²) in [6, 6.07) is 7.35. The second-order valence-electron chi connectivity index (χ2n) is 5.04. The largest absolute Gasteiger partial charge is 0.439 e. The second-order valence-corrected chi connectivity index (χ2v) is 5.04. The summed E-state index contributed by atoms with van der Waals surface area (Å²) in [7, 11) is 0. The Morgan fingerprint density at radius 3 is 2.63 bits per heavy atom. The molecule has 1 aromatic rings. The summed E-state index contributed by atoms with van der Waals surface area (Å²) in [4.78, 5) is 22.6. The van der Waals surface area contributed by atoms with Crippen molar-refractivity contribution in [2.75, 3.05) is 11.9 Å². The van der Waals surface area contributed by atoms with Crippen LogP contribution in [-0.2, 0) is 9.53 Å². The molecule has 102 valence electrons. The van der Waals surface area contributed by atoms with E-state index in [0.717, 1.165) is 11.3 Å². The van der Waals surface area contributed by atoms with Gasteiger partial charge in [-0.05, 0) is 23.6 Å². The number of ether oxygens (including phenoxy) is 1. The minimum atomic E-state index is -0.390. The Bertz CT molecular complexity index is 468. The number of nitrogens with one attached hydrogen (secondary N) is 2. The van der Waals surface area contributed by atoms with Gasteiger partial charge < -0.3 is 15.4 Å². The Hall–Kier alpha value is -2.04. The van der Waals surface area contributed by atoms with E-state index < -0.39 is 0 Å². The van der Waals surface area contributed by atoms with Crippen LogP contribution in [0.3, 0.4) is 0 Å². The molecule has 1 saturated heterocycles. The summed E-state index contributed by atoms with van der Waals surface area (Å²) < 4.78 is 5.08. The van der Waals surface area contributed by atoms with Gasteiger partial charge in [-0.1, -0.05) is 26.0 Å². The predicted octanol–water partition coefficient (Wildman–Crippen LogP) is 2.45. The first kappa shape index (κ1) is 13.4. The van der Waals surface area contributed by atoms with Crippen LogP contribution in [0.25, 0.3) is 0 Å². The SMILES string of the molecule is CC(C)CC(=O)Nc1ccc(C2CNC(=O)O2)cc1. The summed E-state index contributed by atoms with van der Waals surface area (Å²) in [6.45, 7) is 4.49. The summed E-state index contributed by atoms with van der Waals surface area (Å²) in [5.74, 6) is 0.347. The minimum absolute atomic E-state index is 0.0108. The quantitative estimate of drug-likeness (QED) is 0.875. The third kappa shape index (κ3) is 3.71. The molecule has 2 rings (SSSR count). The van der Waals surface area contributed by atoms with Crippen LogP contribution in [0.2, 0.25) is 0 Å². The Kier molecular flexibility index (Phi) is 4.04. The molecule has 0 saturated carbocycles. The number of cyclic esters (lactones) is 1. The topological polar surface area (TPSA) is 67.4 Å². The van der Waals surface area contributed by atoms with E-state index in [1.54, 1.807) is 0 Å². The number of carbonyl (C=O) groups excluding carboxylic acids is 2. The average Bonchev–Trinajstić information content (AvgIpc) is 2.75. The van der Waals surface area contributed by atoms with Crippen LogP contribution < -0.4 is 10.6 Å². The van der Waals surface area contributed by atoms with Crippen molar-refractivity contribution in [2.45, 2.75) is 26.4 Å². The van der Waals surface area contributed by atoms with Gasteiger partial charge in [-0.2, -0.15) is 0 Å². The average molecular weight is 262 g/mol. The van der Waals surface area contributed by atoms with E-state index >= 15 is 0 Å². The Labute approximate surface area is 112 Å². The fourth-order valence-electron chi connectivity index (χ4n) is 1.94. The fraction of sp³-hybridized carbons (Fsp3) is 0.429. The van der Waals surface area contributed by atoms with Crippen molar-refractivity contribution >= 4 is 17.7 Å². The molecule has 0 radical (unpaired) electrons. The zero-order valence-corrected chi connectivity index (χ0v) is 11.1. The maximum Gasteiger partial charge on any atom is 0.407 e. The lowest BCUT2D eigenvalue weighted by atomic mass is 10.1. The van der Waals surface area contributed by atoms with Crippen molar-refractivity contribution in [1.82, 2.24) is 5.32 Å². The highest BCUT2D eigenvalue weighted by atomic mass is 16.6. The van der Waals surface area contributed by atoms with Crippen LogP contribution in [0.15, 0.2) is 24.3 Å². The lowest BCUT2D eigenvalue weighted by Gasteiger charge is -2.10. The third-order valence-electron chi connectivity index (χ3n) is 2.84. The van der Waals surface area contributed by atoms with Crippen LogP contribution in [0.5, 0.6) is 0 Å². The first-order valence-corrected chi connectivity index (χ1v) is 6.39. The number of rotatable bonds is 4. The lowest BCUT2D eigenvalue weighted by molar-refractivity contribution is -0.116. The van der Waals surface area contributed by atoms with Crippen molar-refractivity contribution in [3.63, 3.8) is 0 Å². The molecule has 0 aromatic heterocycles. The summed E-state index contributed by atoms with van der Waals surface area (Å²) in [6.07, 6.45) is -0.126. The van der Waals surface area contributed by atoms with Crippen LogP contribution >= 0.6 is 0 Å². The van der Waals surface area contributed by atoms with Gasteiger partial charge in [-0.25, -0.2) is 4.79 Å². The predicted molar refractivity (Wildman–Crippen MR) is 71.8 cm³/mol. The highest BCUT2D eigenvalue weighted by Gasteiger charge is 2.23. The molecule has 1 heterocycles. The van der Waals surface area contributed by atoms with Crippen molar-refractivity contribution in [3.05, 3.63) is 29.8 Å². The summed E-state index contributed by atoms with van der Waals surface area (Å²) in [5.41, 5.74) is 1.67. The zero-order valence-electron chi connectivity index (χ0n) is 11.1. The molecule has 1 atom stereocenters. The van der Waals surface area contributed by atoms with Crippen LogP contribution in [-0.4, -0.2) is 18.5 Å². The zero-order chi connectivity index (χ0) is 13.8. The third-order valence-corrected chi connectivity index (χ3v) is 2.84. The molecule has 0 bridgehead atoms. The van der Waals surface area contributed by atoms with Crippen molar-refractivity contribution in [3.8, 4) is 0 Å². The molecule has 19 heavy (non-hydrogen) atoms. The van der Waals surface area contributed by atoms with Crippen LogP contribution in [0, 0.1) is 5.92 Å². The van der Waals surface area contributed by atoms with Gasteiger partial charge in [-0.15, -0.1) is 0 Å². The van der Waals surface area contributed by atoms with E-state index in [0.29, 0.717) is 18.9 Å². The van der Waals surface area contributed by atoms with E-state index in [-0.39, 0.29) is 18.1 Å². The summed E-state index contributed by atoms with van der Waals surface area (Å²) in [5, 5.41) is 5.44. The van der Waals surface area contributed by atoms with Gasteiger partial charge in [0.05, 0.1) is 6.54 Å². The van der Waals surface area contributed by atoms with Gasteiger partial charge in [0.1, 0.15) is 6.10 Å². The van der Waals surface area contributed by atoms with Crippen LogP contribution in [0.1, 0.15) is 31.9 Å². The molecule has 0 spiro atoms. The molecule has 5 nitrogen and oxygen atoms in total. The molecule has 2 amide bonds. The number of anilines is 1. The highest BCUT2D eigenvalue weighted by molar-refractivity contribution is 5.90. The smallest absolute Gasteiger partial charge is 0.407 e. The van der Waals surface area contributed by atoms with Crippen molar-refractivity contribution in [1.29, 1.82) is 0 Å². The van der Waals surface area contributed by atoms with Gasteiger partial charge in [0.2, 0.25) is 5.91 Å². The summed E-state index contributed by atoms with van der Waals surface area (Å²) >= 11 is 0. The molecule has 5 heteroatoms. The molecule has 0 aliphatic carbocycles. The number of carbonyl (C=O) groups is 2. The highest BCUT2D eigenvalue weighted by Crippen LogP contribution is 2.22. The fourth-order valence-corrected chi connectivity index (χ4v) is 1.94. The Balaban J connectivity index is 1.95. The van der Waals surface area contributed by atoms with E-state index in [1.165, 1.54) is 0 Å². The van der Waals surface area contributed by atoms with Gasteiger partial charge in [0, 0.05) is 12.1 Å². The number of hydrogen-bond acceptors (Lipinski definition) is 3. The first-order valence-electron chi connectivity index (χ1n) is 6.39. The molecule has 1 aromatic carbocycles. The van der Waals surface area contributed by atoms with Crippen LogP contribution in [0.4, 0.5) is 10.5 Å². The Morgan fingerprint density at radius 2 is 2.11 bits per heavy atom. The Morgan fingerprint density at radius 1 is 1.42 bits per heavy atom.